The van der Waals surface area contributed by atoms with E-state index in [-0.39, 0.29) is 24.4 Å². The summed E-state index contributed by atoms with van der Waals surface area (Å²) in [4.78, 5) is 29.0. The minimum Gasteiger partial charge on any atom is -0.495 e. The molecule has 0 aliphatic carbocycles. The number of ether oxygens (including phenoxy) is 1. The fourth-order valence-corrected chi connectivity index (χ4v) is 3.63. The van der Waals surface area contributed by atoms with Gasteiger partial charge < -0.3 is 15.4 Å². The highest BCUT2D eigenvalue weighted by atomic mass is 35.5. The van der Waals surface area contributed by atoms with E-state index in [0.717, 1.165) is 0 Å². The number of rotatable bonds is 7. The topological polar surface area (TPSA) is 73.9 Å². The van der Waals surface area contributed by atoms with Gasteiger partial charge in [0.1, 0.15) is 11.6 Å². The molecule has 1 saturated heterocycles. The van der Waals surface area contributed by atoms with Crippen LogP contribution in [-0.2, 0) is 9.59 Å². The molecule has 1 fully saturated rings. The number of nitrogens with one attached hydrogen (secondary N) is 2. The zero-order valence-electron chi connectivity index (χ0n) is 17.5. The minimum atomic E-state index is -0.396. The maximum absolute atomic E-state index is 13.3. The number of carbonyl (C=O) groups excluding carboxylic acids is 2. The van der Waals surface area contributed by atoms with Crippen molar-refractivity contribution in [2.45, 2.75) is 13.0 Å². The number of piperazine rings is 1. The molecule has 1 atom stereocenters. The number of hydrogen-bond donors (Lipinski definition) is 2. The van der Waals surface area contributed by atoms with Crippen molar-refractivity contribution < 1.29 is 18.7 Å². The molecule has 1 aliphatic rings. The highest BCUT2D eigenvalue weighted by Crippen LogP contribution is 2.27. The second kappa shape index (κ2) is 10.6. The molecule has 0 radical (unpaired) electrons. The highest BCUT2D eigenvalue weighted by Gasteiger charge is 2.26. The Kier molecular flexibility index (Phi) is 7.84. The Balaban J connectivity index is 1.47. The Morgan fingerprint density at radius 1 is 1.13 bits per heavy atom. The molecule has 2 amide bonds. The van der Waals surface area contributed by atoms with Crippen LogP contribution in [0.15, 0.2) is 42.5 Å². The van der Waals surface area contributed by atoms with Crippen LogP contribution in [0.4, 0.5) is 15.8 Å². The summed E-state index contributed by atoms with van der Waals surface area (Å²) in [6.07, 6.45) is 0. The van der Waals surface area contributed by atoms with Crippen LogP contribution in [0.25, 0.3) is 0 Å². The average molecular weight is 449 g/mol. The molecule has 166 valence electrons. The minimum absolute atomic E-state index is 0.161. The zero-order chi connectivity index (χ0) is 22.4. The molecule has 0 saturated carbocycles. The average Bonchev–Trinajstić information content (AvgIpc) is 2.74. The monoisotopic (exact) mass is 448 g/mol. The Labute approximate surface area is 186 Å². The Morgan fingerprint density at radius 2 is 1.87 bits per heavy atom. The van der Waals surface area contributed by atoms with Crippen LogP contribution in [0.2, 0.25) is 5.02 Å². The molecule has 0 spiro atoms. The smallest absolute Gasteiger partial charge is 0.241 e. The maximum Gasteiger partial charge on any atom is 0.241 e. The van der Waals surface area contributed by atoms with Gasteiger partial charge in [-0.05, 0) is 43.3 Å². The summed E-state index contributed by atoms with van der Waals surface area (Å²) in [5.41, 5.74) is 0.963. The van der Waals surface area contributed by atoms with Gasteiger partial charge in [-0.1, -0.05) is 17.7 Å². The van der Waals surface area contributed by atoms with Crippen molar-refractivity contribution in [1.82, 2.24) is 9.80 Å². The summed E-state index contributed by atoms with van der Waals surface area (Å²) in [5.74, 6) is -0.204. The maximum atomic E-state index is 13.3. The van der Waals surface area contributed by atoms with Crippen molar-refractivity contribution in [3.05, 3.63) is 53.3 Å². The summed E-state index contributed by atoms with van der Waals surface area (Å²) in [6.45, 7) is 4.64. The number of carbonyl (C=O) groups is 2. The van der Waals surface area contributed by atoms with Gasteiger partial charge in [0.2, 0.25) is 11.8 Å². The van der Waals surface area contributed by atoms with E-state index < -0.39 is 5.82 Å². The molecule has 2 aromatic carbocycles. The Bertz CT molecular complexity index is 935. The molecule has 2 aromatic rings. The summed E-state index contributed by atoms with van der Waals surface area (Å²) in [7, 11) is 1.53. The molecule has 0 bridgehead atoms. The SMILES string of the molecule is COc1ccc(Cl)cc1NC(=O)CN1CCN(C(C)C(=O)Nc2cccc(F)c2)CC1. The second-order valence-electron chi connectivity index (χ2n) is 7.38. The lowest BCUT2D eigenvalue weighted by molar-refractivity contribution is -0.122. The first kappa shape index (κ1) is 23.0. The Hall–Kier alpha value is -2.68. The van der Waals surface area contributed by atoms with Gasteiger partial charge in [0.15, 0.2) is 0 Å². The molecule has 1 heterocycles. The number of anilines is 2. The quantitative estimate of drug-likeness (QED) is 0.681. The zero-order valence-corrected chi connectivity index (χ0v) is 18.3. The summed E-state index contributed by atoms with van der Waals surface area (Å²) in [5, 5.41) is 6.09. The van der Waals surface area contributed by atoms with Crippen LogP contribution >= 0.6 is 11.6 Å². The third kappa shape index (κ3) is 6.40. The third-order valence-electron chi connectivity index (χ3n) is 5.23. The molecule has 0 aromatic heterocycles. The van der Waals surface area contributed by atoms with Gasteiger partial charge in [-0.2, -0.15) is 0 Å². The van der Waals surface area contributed by atoms with E-state index in [1.54, 1.807) is 30.3 Å². The van der Waals surface area contributed by atoms with Gasteiger partial charge >= 0.3 is 0 Å². The standard InChI is InChI=1S/C22H26ClFN4O3/c1-15(22(30)25-18-5-3-4-17(24)13-18)28-10-8-27(9-11-28)14-21(29)26-19-12-16(23)6-7-20(19)31-2/h3-7,12-13,15H,8-11,14H2,1-2H3,(H,25,30)(H,26,29). The van der Waals surface area contributed by atoms with Crippen molar-refractivity contribution in [1.29, 1.82) is 0 Å². The van der Waals surface area contributed by atoms with E-state index in [4.69, 9.17) is 16.3 Å². The van der Waals surface area contributed by atoms with Gasteiger partial charge in [-0.15, -0.1) is 0 Å². The fraction of sp³-hybridized carbons (Fsp3) is 0.364. The van der Waals surface area contributed by atoms with Crippen LogP contribution in [-0.4, -0.2) is 67.5 Å². The number of nitrogens with zero attached hydrogens (tertiary/aromatic N) is 2. The van der Waals surface area contributed by atoms with Crippen LogP contribution in [0.1, 0.15) is 6.92 Å². The summed E-state index contributed by atoms with van der Waals surface area (Å²) >= 11 is 6.01. The first-order chi connectivity index (χ1) is 14.9. The predicted octanol–water partition coefficient (Wildman–Crippen LogP) is 3.07. The van der Waals surface area contributed by atoms with Gasteiger partial charge in [-0.3, -0.25) is 19.4 Å². The van der Waals surface area contributed by atoms with E-state index in [9.17, 15) is 14.0 Å². The highest BCUT2D eigenvalue weighted by molar-refractivity contribution is 6.31. The second-order valence-corrected chi connectivity index (χ2v) is 7.82. The normalized spacial score (nSPS) is 15.9. The third-order valence-corrected chi connectivity index (χ3v) is 5.46. The number of hydrogen-bond acceptors (Lipinski definition) is 5. The van der Waals surface area contributed by atoms with E-state index in [2.05, 4.69) is 10.6 Å². The van der Waals surface area contributed by atoms with E-state index in [1.165, 1.54) is 19.2 Å². The van der Waals surface area contributed by atoms with Gasteiger partial charge in [0.25, 0.3) is 0 Å². The van der Waals surface area contributed by atoms with Crippen LogP contribution in [0.5, 0.6) is 5.75 Å². The van der Waals surface area contributed by atoms with Gasteiger partial charge in [-0.25, -0.2) is 4.39 Å². The fourth-order valence-electron chi connectivity index (χ4n) is 3.46. The largest absolute Gasteiger partial charge is 0.495 e. The van der Waals surface area contributed by atoms with Crippen LogP contribution < -0.4 is 15.4 Å². The number of benzene rings is 2. The molecule has 1 unspecified atom stereocenters. The van der Waals surface area contributed by atoms with E-state index in [1.807, 2.05) is 16.7 Å². The van der Waals surface area contributed by atoms with Crippen molar-refractivity contribution in [2.75, 3.05) is 50.5 Å². The Morgan fingerprint density at radius 3 is 2.55 bits per heavy atom. The molecule has 3 rings (SSSR count). The number of amides is 2. The lowest BCUT2D eigenvalue weighted by atomic mass is 10.2. The summed E-state index contributed by atoms with van der Waals surface area (Å²) < 4.78 is 18.6. The number of methoxy groups -OCH3 is 1. The molecule has 7 nitrogen and oxygen atoms in total. The molecule has 31 heavy (non-hydrogen) atoms. The van der Waals surface area contributed by atoms with Crippen LogP contribution in [0, 0.1) is 5.82 Å². The van der Waals surface area contributed by atoms with E-state index >= 15 is 0 Å². The van der Waals surface area contributed by atoms with Gasteiger partial charge in [0.05, 0.1) is 25.4 Å². The molecular formula is C22H26ClFN4O3. The summed E-state index contributed by atoms with van der Waals surface area (Å²) in [6, 6.07) is 10.5. The lowest BCUT2D eigenvalue weighted by Crippen LogP contribution is -2.53. The molecule has 9 heteroatoms. The van der Waals surface area contributed by atoms with Crippen LogP contribution in [0.3, 0.4) is 0 Å². The van der Waals surface area contributed by atoms with Crippen molar-refractivity contribution >= 4 is 34.8 Å². The predicted molar refractivity (Wildman–Crippen MR) is 119 cm³/mol. The van der Waals surface area contributed by atoms with Crippen molar-refractivity contribution in [2.24, 2.45) is 0 Å². The molecule has 1 aliphatic heterocycles. The van der Waals surface area contributed by atoms with Crippen molar-refractivity contribution in [3.63, 3.8) is 0 Å². The molecular weight excluding hydrogens is 423 g/mol. The van der Waals surface area contributed by atoms with Gasteiger partial charge in [0, 0.05) is 36.9 Å². The lowest BCUT2D eigenvalue weighted by Gasteiger charge is -2.37. The first-order valence-electron chi connectivity index (χ1n) is 10.0. The number of halogens is 2. The first-order valence-corrected chi connectivity index (χ1v) is 10.4. The van der Waals surface area contributed by atoms with E-state index in [0.29, 0.717) is 48.3 Å². The van der Waals surface area contributed by atoms with Crippen molar-refractivity contribution in [3.8, 4) is 5.75 Å². The molecule has 2 N–H and O–H groups in total.